The molecule has 0 aliphatic heterocycles. The highest BCUT2D eigenvalue weighted by molar-refractivity contribution is 7.89. The first kappa shape index (κ1) is 17.2. The molecular weight excluding hydrogens is 333 g/mol. The molecule has 2 aromatic rings. The van der Waals surface area contributed by atoms with Crippen LogP contribution in [-0.4, -0.2) is 19.8 Å². The molecule has 1 unspecified atom stereocenters. The lowest BCUT2D eigenvalue weighted by atomic mass is 10.1. The van der Waals surface area contributed by atoms with Crippen molar-refractivity contribution in [3.8, 4) is 5.75 Å². The first-order chi connectivity index (χ1) is 10.7. The number of sulfonamides is 1. The van der Waals surface area contributed by atoms with Crippen molar-refractivity contribution < 1.29 is 26.3 Å². The second kappa shape index (κ2) is 6.55. The number of halogens is 3. The molecule has 5 nitrogen and oxygen atoms in total. The smallest absolute Gasteiger partial charge is 0.406 e. The number of nitrogens with one attached hydrogen (secondary N) is 1. The number of pyridine rings is 1. The van der Waals surface area contributed by atoms with Crippen molar-refractivity contribution in [2.75, 3.05) is 0 Å². The van der Waals surface area contributed by atoms with Gasteiger partial charge in [0.05, 0.1) is 4.90 Å². The molecule has 0 amide bonds. The third-order valence-corrected chi connectivity index (χ3v) is 4.46. The van der Waals surface area contributed by atoms with Crippen LogP contribution in [0.5, 0.6) is 5.75 Å². The van der Waals surface area contributed by atoms with Crippen LogP contribution in [-0.2, 0) is 10.0 Å². The summed E-state index contributed by atoms with van der Waals surface area (Å²) in [6.07, 6.45) is -1.76. The maximum Gasteiger partial charge on any atom is 0.573 e. The Labute approximate surface area is 131 Å². The minimum Gasteiger partial charge on any atom is -0.406 e. The van der Waals surface area contributed by atoms with Gasteiger partial charge in [0.25, 0.3) is 0 Å². The molecule has 1 aromatic carbocycles. The third kappa shape index (κ3) is 4.93. The lowest BCUT2D eigenvalue weighted by Gasteiger charge is -2.15. The monoisotopic (exact) mass is 346 g/mol. The molecule has 0 saturated carbocycles. The summed E-state index contributed by atoms with van der Waals surface area (Å²) in [4.78, 5) is 3.68. The summed E-state index contributed by atoms with van der Waals surface area (Å²) < 4.78 is 66.8. The predicted molar refractivity (Wildman–Crippen MR) is 76.1 cm³/mol. The normalized spacial score (nSPS) is 13.6. The van der Waals surface area contributed by atoms with Gasteiger partial charge in [0.1, 0.15) is 5.75 Å². The Morgan fingerprint density at radius 2 is 1.65 bits per heavy atom. The van der Waals surface area contributed by atoms with Gasteiger partial charge in [0.15, 0.2) is 0 Å². The van der Waals surface area contributed by atoms with Crippen LogP contribution in [0.1, 0.15) is 18.5 Å². The Balaban J connectivity index is 2.13. The zero-order chi connectivity index (χ0) is 17.1. The highest BCUT2D eigenvalue weighted by atomic mass is 32.2. The molecule has 0 spiro atoms. The first-order valence-corrected chi connectivity index (χ1v) is 7.94. The fraction of sp³-hybridized carbons (Fsp3) is 0.214. The van der Waals surface area contributed by atoms with Crippen molar-refractivity contribution in [3.63, 3.8) is 0 Å². The molecule has 0 aliphatic rings. The molecule has 1 N–H and O–H groups in total. The molecule has 0 aliphatic carbocycles. The van der Waals surface area contributed by atoms with E-state index in [-0.39, 0.29) is 4.90 Å². The third-order valence-electron chi connectivity index (χ3n) is 2.91. The minimum atomic E-state index is -4.82. The molecule has 0 saturated heterocycles. The molecule has 0 bridgehead atoms. The van der Waals surface area contributed by atoms with Crippen molar-refractivity contribution in [1.29, 1.82) is 0 Å². The SMILES string of the molecule is CC(NS(=O)(=O)c1ccc(OC(F)(F)F)cc1)c1ccncc1. The maximum atomic E-state index is 12.2. The summed E-state index contributed by atoms with van der Waals surface area (Å²) in [5, 5.41) is 0. The summed E-state index contributed by atoms with van der Waals surface area (Å²) in [5.74, 6) is -0.487. The van der Waals surface area contributed by atoms with Gasteiger partial charge < -0.3 is 4.74 Å². The summed E-state index contributed by atoms with van der Waals surface area (Å²) in [7, 11) is -3.88. The lowest BCUT2D eigenvalue weighted by molar-refractivity contribution is -0.274. The maximum absolute atomic E-state index is 12.2. The van der Waals surface area contributed by atoms with Gasteiger partial charge in [-0.2, -0.15) is 0 Å². The van der Waals surface area contributed by atoms with Gasteiger partial charge in [0.2, 0.25) is 10.0 Å². The van der Waals surface area contributed by atoms with Crippen LogP contribution in [0.4, 0.5) is 13.2 Å². The molecular formula is C14H13F3N2O3S. The van der Waals surface area contributed by atoms with Crippen LogP contribution in [0.25, 0.3) is 0 Å². The Morgan fingerprint density at radius 3 is 2.17 bits per heavy atom. The molecule has 1 heterocycles. The van der Waals surface area contributed by atoms with Crippen molar-refractivity contribution in [1.82, 2.24) is 9.71 Å². The van der Waals surface area contributed by atoms with E-state index in [1.165, 1.54) is 12.4 Å². The van der Waals surface area contributed by atoms with Crippen LogP contribution in [0, 0.1) is 0 Å². The average Bonchev–Trinajstić information content (AvgIpc) is 2.46. The zero-order valence-corrected chi connectivity index (χ0v) is 12.7. The van der Waals surface area contributed by atoms with Gasteiger partial charge in [-0.1, -0.05) is 0 Å². The van der Waals surface area contributed by atoms with E-state index in [0.29, 0.717) is 5.56 Å². The van der Waals surface area contributed by atoms with Crippen LogP contribution in [0.3, 0.4) is 0 Å². The van der Waals surface area contributed by atoms with Gasteiger partial charge in [-0.25, -0.2) is 13.1 Å². The van der Waals surface area contributed by atoms with Gasteiger partial charge in [0, 0.05) is 18.4 Å². The molecule has 1 atom stereocenters. The standard InChI is InChI=1S/C14H13F3N2O3S/c1-10(11-6-8-18-9-7-11)19-23(20,21)13-4-2-12(3-5-13)22-14(15,16)17/h2-10,19H,1H3. The number of hydrogen-bond donors (Lipinski definition) is 1. The Kier molecular flexibility index (Phi) is 4.90. The van der Waals surface area contributed by atoms with Crippen LogP contribution in [0.15, 0.2) is 53.7 Å². The lowest BCUT2D eigenvalue weighted by Crippen LogP contribution is -2.27. The van der Waals surface area contributed by atoms with E-state index >= 15 is 0 Å². The zero-order valence-electron chi connectivity index (χ0n) is 11.9. The van der Waals surface area contributed by atoms with E-state index in [2.05, 4.69) is 14.4 Å². The minimum absolute atomic E-state index is 0.159. The van der Waals surface area contributed by atoms with Crippen LogP contribution < -0.4 is 9.46 Å². The second-order valence-electron chi connectivity index (χ2n) is 4.64. The number of ether oxygens (including phenoxy) is 1. The van der Waals surface area contributed by atoms with Gasteiger partial charge in [-0.15, -0.1) is 13.2 Å². The number of hydrogen-bond acceptors (Lipinski definition) is 4. The number of aromatic nitrogens is 1. The summed E-state index contributed by atoms with van der Waals surface area (Å²) >= 11 is 0. The number of rotatable bonds is 5. The van der Waals surface area contributed by atoms with Crippen molar-refractivity contribution >= 4 is 10.0 Å². The number of alkyl halides is 3. The molecule has 1 aromatic heterocycles. The van der Waals surface area contributed by atoms with Gasteiger partial charge >= 0.3 is 6.36 Å². The number of nitrogens with zero attached hydrogens (tertiary/aromatic N) is 1. The second-order valence-corrected chi connectivity index (χ2v) is 6.36. The van der Waals surface area contributed by atoms with Crippen molar-refractivity contribution in [3.05, 3.63) is 54.4 Å². The fourth-order valence-electron chi connectivity index (χ4n) is 1.84. The topological polar surface area (TPSA) is 68.3 Å². The molecule has 0 radical (unpaired) electrons. The molecule has 2 rings (SSSR count). The Hall–Kier alpha value is -2.13. The molecule has 0 fully saturated rings. The Morgan fingerprint density at radius 1 is 1.09 bits per heavy atom. The number of benzene rings is 1. The molecule has 23 heavy (non-hydrogen) atoms. The predicted octanol–water partition coefficient (Wildman–Crippen LogP) is 3.02. The van der Waals surface area contributed by atoms with E-state index in [4.69, 9.17) is 0 Å². The summed E-state index contributed by atoms with van der Waals surface area (Å²) in [6, 6.07) is 6.78. The van der Waals surface area contributed by atoms with Crippen LogP contribution >= 0.6 is 0 Å². The largest absolute Gasteiger partial charge is 0.573 e. The van der Waals surface area contributed by atoms with E-state index in [1.54, 1.807) is 19.1 Å². The highest BCUT2D eigenvalue weighted by Gasteiger charge is 2.31. The van der Waals surface area contributed by atoms with E-state index < -0.39 is 28.2 Å². The Bertz CT molecular complexity index is 747. The van der Waals surface area contributed by atoms with Crippen LogP contribution in [0.2, 0.25) is 0 Å². The van der Waals surface area contributed by atoms with Crippen molar-refractivity contribution in [2.24, 2.45) is 0 Å². The van der Waals surface area contributed by atoms with E-state index in [1.807, 2.05) is 0 Å². The van der Waals surface area contributed by atoms with E-state index in [9.17, 15) is 21.6 Å². The average molecular weight is 346 g/mol. The summed E-state index contributed by atoms with van der Waals surface area (Å²) in [6.45, 7) is 1.65. The molecule has 9 heteroatoms. The van der Waals surface area contributed by atoms with Gasteiger partial charge in [-0.3, -0.25) is 4.98 Å². The fourth-order valence-corrected chi connectivity index (χ4v) is 3.07. The van der Waals surface area contributed by atoms with E-state index in [0.717, 1.165) is 24.3 Å². The first-order valence-electron chi connectivity index (χ1n) is 6.45. The highest BCUT2D eigenvalue weighted by Crippen LogP contribution is 2.24. The quantitative estimate of drug-likeness (QED) is 0.904. The van der Waals surface area contributed by atoms with Gasteiger partial charge in [-0.05, 0) is 48.9 Å². The summed E-state index contributed by atoms with van der Waals surface area (Å²) in [5.41, 5.74) is 0.709. The molecule has 124 valence electrons. The van der Waals surface area contributed by atoms with Crippen molar-refractivity contribution in [2.45, 2.75) is 24.2 Å².